The van der Waals surface area contributed by atoms with E-state index < -0.39 is 0 Å². The van der Waals surface area contributed by atoms with Crippen LogP contribution in [-0.2, 0) is 0 Å². The second kappa shape index (κ2) is 6.38. The zero-order chi connectivity index (χ0) is 14.8. The molecular formula is C16H25N6. The molecule has 1 unspecified atom stereocenters. The van der Waals surface area contributed by atoms with Crippen molar-refractivity contribution in [2.24, 2.45) is 0 Å². The van der Waals surface area contributed by atoms with Gasteiger partial charge in [0.2, 0.25) is 5.95 Å². The van der Waals surface area contributed by atoms with Crippen molar-refractivity contribution in [2.45, 2.75) is 31.7 Å². The lowest BCUT2D eigenvalue weighted by atomic mass is 10.1. The smallest absolute Gasteiger partial charge is 0.227 e. The van der Waals surface area contributed by atoms with Gasteiger partial charge in [0, 0.05) is 51.9 Å². The minimum atomic E-state index is 0.180. The van der Waals surface area contributed by atoms with Crippen molar-refractivity contribution in [3.05, 3.63) is 11.8 Å². The average molecular weight is 301 g/mol. The molecule has 3 aliphatic rings. The van der Waals surface area contributed by atoms with Crippen molar-refractivity contribution in [2.75, 3.05) is 55.6 Å². The van der Waals surface area contributed by atoms with Gasteiger partial charge in [0.1, 0.15) is 5.82 Å². The second-order valence-electron chi connectivity index (χ2n) is 6.47. The average Bonchev–Trinajstić information content (AvgIpc) is 3.29. The van der Waals surface area contributed by atoms with Gasteiger partial charge in [-0.3, -0.25) is 0 Å². The lowest BCUT2D eigenvalue weighted by Crippen LogP contribution is -2.39. The molecule has 22 heavy (non-hydrogen) atoms. The minimum Gasteiger partial charge on any atom is -0.356 e. The Hall–Kier alpha value is -1.40. The van der Waals surface area contributed by atoms with E-state index in [1.54, 1.807) is 0 Å². The first-order chi connectivity index (χ1) is 10.9. The fourth-order valence-corrected chi connectivity index (χ4v) is 3.58. The molecule has 119 valence electrons. The third-order valence-corrected chi connectivity index (χ3v) is 4.86. The number of rotatable bonds is 3. The molecule has 0 bridgehead atoms. The highest BCUT2D eigenvalue weighted by Crippen LogP contribution is 2.26. The maximum Gasteiger partial charge on any atom is 0.227 e. The van der Waals surface area contributed by atoms with Crippen LogP contribution in [0.25, 0.3) is 0 Å². The summed E-state index contributed by atoms with van der Waals surface area (Å²) < 4.78 is 0. The van der Waals surface area contributed by atoms with Crippen LogP contribution in [0.1, 0.15) is 37.4 Å². The van der Waals surface area contributed by atoms with E-state index in [0.29, 0.717) is 0 Å². The van der Waals surface area contributed by atoms with Crippen molar-refractivity contribution in [1.29, 1.82) is 0 Å². The van der Waals surface area contributed by atoms with Crippen LogP contribution in [0.5, 0.6) is 0 Å². The van der Waals surface area contributed by atoms with Crippen LogP contribution in [0.2, 0.25) is 0 Å². The van der Waals surface area contributed by atoms with Gasteiger partial charge in [-0.1, -0.05) is 0 Å². The highest BCUT2D eigenvalue weighted by atomic mass is 15.3. The van der Waals surface area contributed by atoms with Crippen LogP contribution >= 0.6 is 0 Å². The van der Waals surface area contributed by atoms with Crippen LogP contribution < -0.4 is 20.4 Å². The molecule has 0 amide bonds. The van der Waals surface area contributed by atoms with Gasteiger partial charge in [0.15, 0.2) is 0 Å². The monoisotopic (exact) mass is 301 g/mol. The number of hydrogen-bond acceptors (Lipinski definition) is 5. The van der Waals surface area contributed by atoms with Gasteiger partial charge in [-0.15, -0.1) is 0 Å². The molecule has 0 aliphatic carbocycles. The Balaban J connectivity index is 1.65. The third-order valence-electron chi connectivity index (χ3n) is 4.86. The summed E-state index contributed by atoms with van der Waals surface area (Å²) in [7, 11) is 0. The molecule has 6 nitrogen and oxygen atoms in total. The zero-order valence-electron chi connectivity index (χ0n) is 13.2. The summed E-state index contributed by atoms with van der Waals surface area (Å²) in [5, 5.41) is 8.18. The van der Waals surface area contributed by atoms with E-state index >= 15 is 0 Å². The maximum absolute atomic E-state index is 4.87. The van der Waals surface area contributed by atoms with Crippen molar-refractivity contribution in [1.82, 2.24) is 20.6 Å². The number of piperazine rings is 1. The van der Waals surface area contributed by atoms with Crippen LogP contribution in [0.15, 0.2) is 6.07 Å². The summed E-state index contributed by atoms with van der Waals surface area (Å²) in [4.78, 5) is 14.5. The van der Waals surface area contributed by atoms with Gasteiger partial charge in [-0.05, 0) is 25.7 Å². The molecule has 1 aromatic heterocycles. The normalized spacial score (nSPS) is 25.9. The molecule has 4 rings (SSSR count). The predicted molar refractivity (Wildman–Crippen MR) is 87.5 cm³/mol. The first-order valence-electron chi connectivity index (χ1n) is 8.66. The van der Waals surface area contributed by atoms with Crippen LogP contribution in [-0.4, -0.2) is 55.8 Å². The predicted octanol–water partition coefficient (Wildman–Crippen LogP) is 0.926. The molecule has 1 radical (unpaired) electrons. The van der Waals surface area contributed by atoms with E-state index in [1.165, 1.54) is 25.7 Å². The molecule has 4 heterocycles. The largest absolute Gasteiger partial charge is 0.356 e. The lowest BCUT2D eigenvalue weighted by Gasteiger charge is -2.26. The number of aromatic nitrogens is 2. The lowest BCUT2D eigenvalue weighted by molar-refractivity contribution is 0.414. The molecule has 0 spiro atoms. The van der Waals surface area contributed by atoms with Crippen molar-refractivity contribution >= 4 is 11.8 Å². The molecule has 3 saturated heterocycles. The van der Waals surface area contributed by atoms with Crippen LogP contribution in [0.4, 0.5) is 11.8 Å². The van der Waals surface area contributed by atoms with Crippen LogP contribution in [0, 0.1) is 0 Å². The molecule has 3 aliphatic heterocycles. The summed E-state index contributed by atoms with van der Waals surface area (Å²) in [5.74, 6) is 2.02. The summed E-state index contributed by atoms with van der Waals surface area (Å²) >= 11 is 0. The molecule has 6 heteroatoms. The first kappa shape index (κ1) is 14.2. The summed E-state index contributed by atoms with van der Waals surface area (Å²) in [6.07, 6.45) is 5.05. The zero-order valence-corrected chi connectivity index (χ0v) is 13.2. The Kier molecular flexibility index (Phi) is 4.12. The molecule has 1 aromatic rings. The van der Waals surface area contributed by atoms with Crippen molar-refractivity contribution < 1.29 is 0 Å². The standard InChI is InChI=1S/C16H25N6/c1-2-8-21(7-1)15-11-13(14-12-17-5-6-18-14)19-16(20-15)22-9-3-4-10-22/h11,14,17H,1-10,12H2. The fraction of sp³-hybridized carbons (Fsp3) is 0.750. The SMILES string of the molecule is c1c(C2CNCC[N]2)nc(N2CCCC2)nc1N1CCCC1. The molecule has 1 atom stereocenters. The first-order valence-corrected chi connectivity index (χ1v) is 8.66. The van der Waals surface area contributed by atoms with Crippen LogP contribution in [0.3, 0.4) is 0 Å². The fourth-order valence-electron chi connectivity index (χ4n) is 3.58. The molecule has 0 aromatic carbocycles. The van der Waals surface area contributed by atoms with E-state index in [9.17, 15) is 0 Å². The number of hydrogen-bond donors (Lipinski definition) is 1. The second-order valence-corrected chi connectivity index (χ2v) is 6.47. The highest BCUT2D eigenvalue weighted by molar-refractivity contribution is 5.47. The van der Waals surface area contributed by atoms with Gasteiger partial charge in [0.05, 0.1) is 11.7 Å². The molecule has 0 saturated carbocycles. The summed E-state index contributed by atoms with van der Waals surface area (Å²) in [6, 6.07) is 2.35. The summed E-state index contributed by atoms with van der Waals surface area (Å²) in [5.41, 5.74) is 1.09. The van der Waals surface area contributed by atoms with E-state index in [1.807, 2.05) is 0 Å². The Morgan fingerprint density at radius 1 is 0.955 bits per heavy atom. The molecule has 1 N–H and O–H groups in total. The quantitative estimate of drug-likeness (QED) is 0.900. The van der Waals surface area contributed by atoms with Gasteiger partial charge in [-0.2, -0.15) is 4.98 Å². The van der Waals surface area contributed by atoms with E-state index in [-0.39, 0.29) is 6.04 Å². The van der Waals surface area contributed by atoms with Crippen molar-refractivity contribution in [3.63, 3.8) is 0 Å². The van der Waals surface area contributed by atoms with Gasteiger partial charge in [0.25, 0.3) is 0 Å². The van der Waals surface area contributed by atoms with Gasteiger partial charge >= 0.3 is 0 Å². The van der Waals surface area contributed by atoms with Gasteiger partial charge in [-0.25, -0.2) is 10.3 Å². The highest BCUT2D eigenvalue weighted by Gasteiger charge is 2.24. The van der Waals surface area contributed by atoms with E-state index in [4.69, 9.17) is 15.3 Å². The minimum absolute atomic E-state index is 0.180. The maximum atomic E-state index is 4.87. The number of nitrogens with zero attached hydrogens (tertiary/aromatic N) is 5. The number of anilines is 2. The van der Waals surface area contributed by atoms with E-state index in [0.717, 1.165) is 63.3 Å². The Morgan fingerprint density at radius 3 is 2.36 bits per heavy atom. The Morgan fingerprint density at radius 2 is 1.68 bits per heavy atom. The van der Waals surface area contributed by atoms with Crippen molar-refractivity contribution in [3.8, 4) is 0 Å². The van der Waals surface area contributed by atoms with E-state index in [2.05, 4.69) is 21.2 Å². The molecule has 3 fully saturated rings. The summed E-state index contributed by atoms with van der Waals surface area (Å²) in [6.45, 7) is 7.18. The topological polar surface area (TPSA) is 58.4 Å². The third kappa shape index (κ3) is 2.90. The molecular weight excluding hydrogens is 276 g/mol. The number of nitrogens with one attached hydrogen (secondary N) is 1. The van der Waals surface area contributed by atoms with Gasteiger partial charge < -0.3 is 15.1 Å². The Bertz CT molecular complexity index is 467. The Labute approximate surface area is 132 Å².